The lowest BCUT2D eigenvalue weighted by molar-refractivity contribution is -0.282. The Bertz CT molecular complexity index is 494. The van der Waals surface area contributed by atoms with Gasteiger partial charge < -0.3 is 19.7 Å². The van der Waals surface area contributed by atoms with Gasteiger partial charge in [0.25, 0.3) is 0 Å². The maximum Gasteiger partial charge on any atom is 0.417 e. The number of alkyl halides is 3. The van der Waals surface area contributed by atoms with E-state index in [4.69, 9.17) is 9.47 Å². The van der Waals surface area contributed by atoms with Crippen molar-refractivity contribution in [1.82, 2.24) is 0 Å². The summed E-state index contributed by atoms with van der Waals surface area (Å²) >= 11 is 0. The Morgan fingerprint density at radius 3 is 2.59 bits per heavy atom. The van der Waals surface area contributed by atoms with Crippen LogP contribution in [0.5, 0.6) is 0 Å². The largest absolute Gasteiger partial charge is 0.417 e. The first-order valence-corrected chi connectivity index (χ1v) is 6.70. The predicted octanol–water partition coefficient (Wildman–Crippen LogP) is 1.78. The fourth-order valence-corrected chi connectivity index (χ4v) is 2.25. The molecule has 1 aliphatic rings. The monoisotopic (exact) mass is 324 g/mol. The highest BCUT2D eigenvalue weighted by atomic mass is 19.4. The SMILES string of the molecule is O[C@@H]1[C@@H]([C@@H](OCc2ccccc2F)C(F)(F)F)OCC[C@H]1O. The molecule has 2 N–H and O–H groups in total. The predicted molar refractivity (Wildman–Crippen MR) is 67.4 cm³/mol. The van der Waals surface area contributed by atoms with Gasteiger partial charge in [-0.1, -0.05) is 18.2 Å². The molecule has 22 heavy (non-hydrogen) atoms. The second-order valence-corrected chi connectivity index (χ2v) is 5.05. The summed E-state index contributed by atoms with van der Waals surface area (Å²) in [6.45, 7) is -0.752. The molecule has 4 nitrogen and oxygen atoms in total. The topological polar surface area (TPSA) is 58.9 Å². The third kappa shape index (κ3) is 3.95. The molecule has 1 fully saturated rings. The highest BCUT2D eigenvalue weighted by Crippen LogP contribution is 2.32. The lowest BCUT2D eigenvalue weighted by Crippen LogP contribution is -2.55. The van der Waals surface area contributed by atoms with Gasteiger partial charge >= 0.3 is 6.18 Å². The van der Waals surface area contributed by atoms with Crippen molar-refractivity contribution in [2.24, 2.45) is 0 Å². The fourth-order valence-electron chi connectivity index (χ4n) is 2.25. The minimum Gasteiger partial charge on any atom is -0.390 e. The molecule has 0 bridgehead atoms. The second kappa shape index (κ2) is 6.91. The first kappa shape index (κ1) is 17.1. The van der Waals surface area contributed by atoms with E-state index < -0.39 is 43.0 Å². The number of aliphatic hydroxyl groups excluding tert-OH is 2. The van der Waals surface area contributed by atoms with Crippen molar-refractivity contribution in [1.29, 1.82) is 0 Å². The zero-order valence-corrected chi connectivity index (χ0v) is 11.5. The van der Waals surface area contributed by atoms with Crippen LogP contribution in [0, 0.1) is 5.82 Å². The number of hydrogen-bond acceptors (Lipinski definition) is 4. The average molecular weight is 324 g/mol. The van der Waals surface area contributed by atoms with Crippen molar-refractivity contribution >= 4 is 0 Å². The summed E-state index contributed by atoms with van der Waals surface area (Å²) in [7, 11) is 0. The average Bonchev–Trinajstić information content (AvgIpc) is 2.44. The van der Waals surface area contributed by atoms with Gasteiger partial charge in [-0.3, -0.25) is 0 Å². The molecule has 0 aromatic heterocycles. The van der Waals surface area contributed by atoms with Gasteiger partial charge in [0.2, 0.25) is 0 Å². The number of ether oxygens (including phenoxy) is 2. The summed E-state index contributed by atoms with van der Waals surface area (Å²) in [6, 6.07) is 5.29. The fraction of sp³-hybridized carbons (Fsp3) is 0.571. The Hall–Kier alpha value is -1.22. The maximum atomic E-state index is 13.4. The van der Waals surface area contributed by atoms with E-state index in [2.05, 4.69) is 0 Å². The van der Waals surface area contributed by atoms with E-state index in [-0.39, 0.29) is 18.6 Å². The summed E-state index contributed by atoms with van der Waals surface area (Å²) in [4.78, 5) is 0. The Kier molecular flexibility index (Phi) is 5.38. The van der Waals surface area contributed by atoms with Crippen LogP contribution in [0.4, 0.5) is 17.6 Å². The smallest absolute Gasteiger partial charge is 0.390 e. The third-order valence-corrected chi connectivity index (χ3v) is 3.45. The standard InChI is InChI=1S/C14H16F4O4/c15-9-4-2-1-3-8(9)7-22-13(14(16,17)18)12-11(20)10(19)5-6-21-12/h1-4,10-13,19-20H,5-7H2/t10-,11+,12+,13-/m1/s1. The molecule has 4 atom stereocenters. The van der Waals surface area contributed by atoms with Gasteiger partial charge in [-0.25, -0.2) is 4.39 Å². The summed E-state index contributed by atoms with van der Waals surface area (Å²) in [5.74, 6) is -0.687. The first-order chi connectivity index (χ1) is 10.3. The van der Waals surface area contributed by atoms with Crippen LogP contribution in [-0.2, 0) is 16.1 Å². The van der Waals surface area contributed by atoms with Gasteiger partial charge in [-0.05, 0) is 12.5 Å². The maximum absolute atomic E-state index is 13.4. The summed E-state index contributed by atoms with van der Waals surface area (Å²) in [5, 5.41) is 19.2. The molecule has 1 aliphatic heterocycles. The number of halogens is 4. The summed E-state index contributed by atoms with van der Waals surface area (Å²) in [6.07, 6.45) is -12.0. The van der Waals surface area contributed by atoms with Crippen molar-refractivity contribution in [3.05, 3.63) is 35.6 Å². The molecule has 1 aromatic rings. The van der Waals surface area contributed by atoms with E-state index in [0.29, 0.717) is 0 Å². The highest BCUT2D eigenvalue weighted by Gasteiger charge is 2.51. The molecule has 0 spiro atoms. The third-order valence-electron chi connectivity index (χ3n) is 3.45. The van der Waals surface area contributed by atoms with Crippen LogP contribution in [-0.4, -0.2) is 47.4 Å². The van der Waals surface area contributed by atoms with Crippen LogP contribution in [0.1, 0.15) is 12.0 Å². The molecular weight excluding hydrogens is 308 g/mol. The Morgan fingerprint density at radius 2 is 1.95 bits per heavy atom. The van der Waals surface area contributed by atoms with Gasteiger partial charge in [-0.15, -0.1) is 0 Å². The van der Waals surface area contributed by atoms with Crippen molar-refractivity contribution in [3.8, 4) is 0 Å². The van der Waals surface area contributed by atoms with Crippen molar-refractivity contribution in [3.63, 3.8) is 0 Å². The van der Waals surface area contributed by atoms with Gasteiger partial charge in [0.15, 0.2) is 6.10 Å². The molecule has 0 unspecified atom stereocenters. The van der Waals surface area contributed by atoms with Crippen LogP contribution >= 0.6 is 0 Å². The molecule has 0 aliphatic carbocycles. The molecule has 0 amide bonds. The summed E-state index contributed by atoms with van der Waals surface area (Å²) < 4.78 is 62.5. The van der Waals surface area contributed by atoms with Gasteiger partial charge in [-0.2, -0.15) is 13.2 Å². The number of hydrogen-bond donors (Lipinski definition) is 2. The highest BCUT2D eigenvalue weighted by molar-refractivity contribution is 5.16. The Labute approximate surface area is 124 Å². The Morgan fingerprint density at radius 1 is 1.27 bits per heavy atom. The van der Waals surface area contributed by atoms with Crippen LogP contribution in [0.15, 0.2) is 24.3 Å². The number of aliphatic hydroxyl groups is 2. The second-order valence-electron chi connectivity index (χ2n) is 5.05. The van der Waals surface area contributed by atoms with E-state index in [1.165, 1.54) is 18.2 Å². The Balaban J connectivity index is 2.12. The van der Waals surface area contributed by atoms with Crippen LogP contribution < -0.4 is 0 Å². The van der Waals surface area contributed by atoms with Crippen LogP contribution in [0.25, 0.3) is 0 Å². The van der Waals surface area contributed by atoms with Crippen LogP contribution in [0.2, 0.25) is 0 Å². The molecule has 124 valence electrons. The molecule has 1 aromatic carbocycles. The van der Waals surface area contributed by atoms with Crippen molar-refractivity contribution in [2.75, 3.05) is 6.61 Å². The number of rotatable bonds is 4. The zero-order valence-electron chi connectivity index (χ0n) is 11.5. The van der Waals surface area contributed by atoms with Gasteiger partial charge in [0.05, 0.1) is 12.7 Å². The first-order valence-electron chi connectivity index (χ1n) is 6.70. The quantitative estimate of drug-likeness (QED) is 0.829. The molecule has 2 rings (SSSR count). The van der Waals surface area contributed by atoms with Crippen molar-refractivity contribution < 1.29 is 37.2 Å². The molecule has 0 radical (unpaired) electrons. The minimum absolute atomic E-state index is 0.0373. The molecular formula is C14H16F4O4. The van der Waals surface area contributed by atoms with E-state index in [1.807, 2.05) is 0 Å². The zero-order chi connectivity index (χ0) is 16.3. The van der Waals surface area contributed by atoms with E-state index in [9.17, 15) is 27.8 Å². The molecule has 1 heterocycles. The summed E-state index contributed by atoms with van der Waals surface area (Å²) in [5.41, 5.74) is -0.0393. The van der Waals surface area contributed by atoms with Gasteiger partial charge in [0, 0.05) is 12.2 Å². The molecule has 1 saturated heterocycles. The van der Waals surface area contributed by atoms with Gasteiger partial charge in [0.1, 0.15) is 18.0 Å². The van der Waals surface area contributed by atoms with E-state index in [1.54, 1.807) is 0 Å². The minimum atomic E-state index is -4.83. The van der Waals surface area contributed by atoms with E-state index >= 15 is 0 Å². The molecule has 8 heteroatoms. The lowest BCUT2D eigenvalue weighted by Gasteiger charge is -2.37. The normalized spacial score (nSPS) is 27.6. The molecule has 0 saturated carbocycles. The lowest BCUT2D eigenvalue weighted by atomic mass is 9.97. The van der Waals surface area contributed by atoms with Crippen molar-refractivity contribution in [2.45, 2.75) is 43.6 Å². The number of benzene rings is 1. The van der Waals surface area contributed by atoms with Crippen LogP contribution in [0.3, 0.4) is 0 Å². The van der Waals surface area contributed by atoms with E-state index in [0.717, 1.165) is 6.07 Å².